The number of carbonyl (C=O) groups is 1. The van der Waals surface area contributed by atoms with Crippen LogP contribution in [0.3, 0.4) is 0 Å². The Morgan fingerprint density at radius 2 is 2.13 bits per heavy atom. The summed E-state index contributed by atoms with van der Waals surface area (Å²) >= 11 is 3.51. The molecule has 4 nitrogen and oxygen atoms in total. The molecule has 0 saturated heterocycles. The summed E-state index contributed by atoms with van der Waals surface area (Å²) in [4.78, 5) is 14.5. The number of benzene rings is 2. The fourth-order valence-corrected chi connectivity index (χ4v) is 3.43. The topological polar surface area (TPSA) is 55.6 Å². The van der Waals surface area contributed by atoms with Gasteiger partial charge in [-0.25, -0.2) is 0 Å². The average Bonchev–Trinajstić information content (AvgIpc) is 2.99. The van der Waals surface area contributed by atoms with E-state index in [9.17, 15) is 4.79 Å². The van der Waals surface area contributed by atoms with Crippen LogP contribution in [0.4, 0.5) is 5.69 Å². The molecule has 1 aliphatic rings. The molecule has 0 radical (unpaired) electrons. The number of halogens is 1. The van der Waals surface area contributed by atoms with Crippen LogP contribution in [0.2, 0.25) is 0 Å². The number of carbonyl (C=O) groups excluding carboxylic acids is 1. The zero-order valence-corrected chi connectivity index (χ0v) is 14.5. The molecule has 1 aliphatic heterocycles. The molecule has 0 saturated carbocycles. The maximum Gasteiger partial charge on any atom is 0.244 e. The van der Waals surface area contributed by atoms with Gasteiger partial charge in [-0.15, -0.1) is 0 Å². The van der Waals surface area contributed by atoms with E-state index in [-0.39, 0.29) is 5.91 Å². The Morgan fingerprint density at radius 1 is 1.35 bits per heavy atom. The van der Waals surface area contributed by atoms with Gasteiger partial charge in [0.15, 0.2) is 0 Å². The summed E-state index contributed by atoms with van der Waals surface area (Å²) in [6, 6.07) is 13.1. The number of amides is 1. The minimum atomic E-state index is -0.564. The number of hydrogen-bond acceptors (Lipinski definition) is 3. The Kier molecular flexibility index (Phi) is 4.68. The third kappa shape index (κ3) is 3.26. The van der Waals surface area contributed by atoms with E-state index in [0.717, 1.165) is 27.9 Å². The summed E-state index contributed by atoms with van der Waals surface area (Å²) in [5.74, 6) is 0.742. The Labute approximate surface area is 144 Å². The van der Waals surface area contributed by atoms with E-state index in [4.69, 9.17) is 10.5 Å². The Balaban J connectivity index is 1.74. The molecule has 0 fully saturated rings. The number of fused-ring (bicyclic) bond motifs is 1. The fraction of sp³-hybridized carbons (Fsp3) is 0.278. The van der Waals surface area contributed by atoms with E-state index in [2.05, 4.69) is 22.0 Å². The molecule has 1 atom stereocenters. The monoisotopic (exact) mass is 374 g/mol. The summed E-state index contributed by atoms with van der Waals surface area (Å²) in [5.41, 5.74) is 9.38. The van der Waals surface area contributed by atoms with Crippen LogP contribution in [0.15, 0.2) is 46.9 Å². The van der Waals surface area contributed by atoms with Gasteiger partial charge in [0, 0.05) is 16.7 Å². The largest absolute Gasteiger partial charge is 0.497 e. The molecule has 3 rings (SSSR count). The summed E-state index contributed by atoms with van der Waals surface area (Å²) in [5, 5.41) is 0. The maximum atomic E-state index is 12.7. The molecule has 1 unspecified atom stereocenters. The average molecular weight is 375 g/mol. The molecule has 2 N–H and O–H groups in total. The predicted molar refractivity (Wildman–Crippen MR) is 94.9 cm³/mol. The zero-order valence-electron chi connectivity index (χ0n) is 13.0. The molecular weight excluding hydrogens is 356 g/mol. The number of ether oxygens (including phenoxy) is 1. The lowest BCUT2D eigenvalue weighted by Gasteiger charge is -2.22. The van der Waals surface area contributed by atoms with E-state index in [1.807, 2.05) is 36.4 Å². The van der Waals surface area contributed by atoms with Crippen LogP contribution in [-0.4, -0.2) is 25.6 Å². The molecule has 1 amide bonds. The third-order valence-corrected chi connectivity index (χ3v) is 4.91. The second-order valence-electron chi connectivity index (χ2n) is 5.64. The van der Waals surface area contributed by atoms with Gasteiger partial charge in [0.25, 0.3) is 0 Å². The lowest BCUT2D eigenvalue weighted by Crippen LogP contribution is -2.44. The number of nitrogens with two attached hydrogens (primary N) is 1. The minimum Gasteiger partial charge on any atom is -0.497 e. The van der Waals surface area contributed by atoms with Crippen LogP contribution in [0.5, 0.6) is 5.75 Å². The molecule has 5 heteroatoms. The Morgan fingerprint density at radius 3 is 2.87 bits per heavy atom. The van der Waals surface area contributed by atoms with Gasteiger partial charge in [-0.05, 0) is 42.2 Å². The minimum absolute atomic E-state index is 0.0299. The molecule has 2 aromatic rings. The van der Waals surface area contributed by atoms with Crippen molar-refractivity contribution in [2.24, 2.45) is 5.73 Å². The molecule has 0 aromatic heterocycles. The summed E-state index contributed by atoms with van der Waals surface area (Å²) in [7, 11) is 1.63. The van der Waals surface area contributed by atoms with Crippen LogP contribution < -0.4 is 15.4 Å². The predicted octanol–water partition coefficient (Wildman–Crippen LogP) is 2.92. The van der Waals surface area contributed by atoms with Crippen molar-refractivity contribution in [3.8, 4) is 5.75 Å². The number of nitrogens with zero attached hydrogens (tertiary/aromatic N) is 1. The highest BCUT2D eigenvalue weighted by Gasteiger charge is 2.28. The SMILES string of the molecule is COc1ccc(CC(N)C(=O)N2CCc3ccccc32)c(Br)c1. The van der Waals surface area contributed by atoms with Gasteiger partial charge in [-0.2, -0.15) is 0 Å². The molecule has 0 aliphatic carbocycles. The lowest BCUT2D eigenvalue weighted by atomic mass is 10.1. The van der Waals surface area contributed by atoms with Crippen LogP contribution in [-0.2, 0) is 17.6 Å². The molecule has 0 spiro atoms. The van der Waals surface area contributed by atoms with Crippen molar-refractivity contribution in [3.05, 3.63) is 58.1 Å². The van der Waals surface area contributed by atoms with E-state index in [1.165, 1.54) is 5.56 Å². The Hall–Kier alpha value is -1.85. The van der Waals surface area contributed by atoms with Gasteiger partial charge in [0.1, 0.15) is 5.75 Å². The van der Waals surface area contributed by atoms with E-state index in [0.29, 0.717) is 13.0 Å². The molecule has 120 valence electrons. The summed E-state index contributed by atoms with van der Waals surface area (Å²) in [6.07, 6.45) is 1.38. The van der Waals surface area contributed by atoms with Crippen molar-refractivity contribution >= 4 is 27.5 Å². The third-order valence-electron chi connectivity index (χ3n) is 4.17. The quantitative estimate of drug-likeness (QED) is 0.894. The van der Waals surface area contributed by atoms with Crippen LogP contribution >= 0.6 is 15.9 Å². The van der Waals surface area contributed by atoms with Gasteiger partial charge in [0.2, 0.25) is 5.91 Å². The maximum absolute atomic E-state index is 12.7. The zero-order chi connectivity index (χ0) is 16.4. The Bertz CT molecular complexity index is 733. The smallest absolute Gasteiger partial charge is 0.244 e. The van der Waals surface area contributed by atoms with Gasteiger partial charge in [-0.3, -0.25) is 4.79 Å². The van der Waals surface area contributed by atoms with Crippen molar-refractivity contribution in [2.75, 3.05) is 18.6 Å². The first-order chi connectivity index (χ1) is 11.1. The molecule has 23 heavy (non-hydrogen) atoms. The van der Waals surface area contributed by atoms with Crippen LogP contribution in [0.1, 0.15) is 11.1 Å². The standard InChI is InChI=1S/C18H19BrN2O2/c1-23-14-7-6-13(15(19)11-14)10-16(20)18(22)21-9-8-12-4-2-3-5-17(12)21/h2-7,11,16H,8-10,20H2,1H3. The van der Waals surface area contributed by atoms with E-state index in [1.54, 1.807) is 12.0 Å². The highest BCUT2D eigenvalue weighted by atomic mass is 79.9. The number of hydrogen-bond donors (Lipinski definition) is 1. The molecule has 1 heterocycles. The first-order valence-electron chi connectivity index (χ1n) is 7.57. The number of para-hydroxylation sites is 1. The fourth-order valence-electron chi connectivity index (χ4n) is 2.91. The second kappa shape index (κ2) is 6.72. The number of rotatable bonds is 4. The first kappa shape index (κ1) is 16.0. The van der Waals surface area contributed by atoms with Crippen molar-refractivity contribution in [2.45, 2.75) is 18.9 Å². The molecular formula is C18H19BrN2O2. The van der Waals surface area contributed by atoms with Gasteiger partial charge >= 0.3 is 0 Å². The number of anilines is 1. The lowest BCUT2D eigenvalue weighted by molar-refractivity contribution is -0.119. The van der Waals surface area contributed by atoms with Crippen molar-refractivity contribution in [1.29, 1.82) is 0 Å². The van der Waals surface area contributed by atoms with Gasteiger partial charge < -0.3 is 15.4 Å². The highest BCUT2D eigenvalue weighted by Crippen LogP contribution is 2.29. The summed E-state index contributed by atoms with van der Waals surface area (Å²) < 4.78 is 6.09. The normalized spacial score (nSPS) is 14.5. The van der Waals surface area contributed by atoms with E-state index >= 15 is 0 Å². The second-order valence-corrected chi connectivity index (χ2v) is 6.49. The van der Waals surface area contributed by atoms with Gasteiger partial charge in [0.05, 0.1) is 13.2 Å². The molecule has 2 aromatic carbocycles. The highest BCUT2D eigenvalue weighted by molar-refractivity contribution is 9.10. The molecule has 0 bridgehead atoms. The number of methoxy groups -OCH3 is 1. The van der Waals surface area contributed by atoms with Gasteiger partial charge in [-0.1, -0.05) is 40.2 Å². The van der Waals surface area contributed by atoms with Crippen LogP contribution in [0.25, 0.3) is 0 Å². The van der Waals surface area contributed by atoms with Crippen LogP contribution in [0, 0.1) is 0 Å². The van der Waals surface area contributed by atoms with Crippen molar-refractivity contribution in [3.63, 3.8) is 0 Å². The van der Waals surface area contributed by atoms with E-state index < -0.39 is 6.04 Å². The van der Waals surface area contributed by atoms with Crippen molar-refractivity contribution < 1.29 is 9.53 Å². The van der Waals surface area contributed by atoms with Crippen molar-refractivity contribution in [1.82, 2.24) is 0 Å². The first-order valence-corrected chi connectivity index (χ1v) is 8.36. The summed E-state index contributed by atoms with van der Waals surface area (Å²) in [6.45, 7) is 0.704.